The van der Waals surface area contributed by atoms with Gasteiger partial charge in [-0.2, -0.15) is 0 Å². The third-order valence-electron chi connectivity index (χ3n) is 3.75. The molecule has 82 valence electrons. The van der Waals surface area contributed by atoms with E-state index in [1.807, 2.05) is 0 Å². The molecular formula is C11H23N3. The maximum Gasteiger partial charge on any atom is 0.0146 e. The molecule has 2 aliphatic rings. The highest BCUT2D eigenvalue weighted by Gasteiger charge is 2.28. The predicted molar refractivity (Wildman–Crippen MR) is 59.5 cm³/mol. The zero-order valence-corrected chi connectivity index (χ0v) is 9.50. The number of hydrogen-bond donors (Lipinski definition) is 1. The van der Waals surface area contributed by atoms with Crippen LogP contribution in [0.4, 0.5) is 0 Å². The minimum atomic E-state index is 0.826. The maximum absolute atomic E-state index is 3.48. The van der Waals surface area contributed by atoms with E-state index in [1.54, 1.807) is 0 Å². The Morgan fingerprint density at radius 3 is 2.50 bits per heavy atom. The molecule has 0 aromatic carbocycles. The molecule has 14 heavy (non-hydrogen) atoms. The van der Waals surface area contributed by atoms with Crippen LogP contribution in [0.15, 0.2) is 0 Å². The van der Waals surface area contributed by atoms with Crippen LogP contribution in [0, 0.1) is 5.92 Å². The monoisotopic (exact) mass is 197 g/mol. The number of piperidine rings is 1. The number of nitrogens with one attached hydrogen (secondary N) is 1. The van der Waals surface area contributed by atoms with Gasteiger partial charge in [-0.25, -0.2) is 0 Å². The van der Waals surface area contributed by atoms with Gasteiger partial charge in [-0.15, -0.1) is 0 Å². The van der Waals surface area contributed by atoms with Crippen LogP contribution in [-0.4, -0.2) is 62.2 Å². The van der Waals surface area contributed by atoms with Crippen molar-refractivity contribution >= 4 is 0 Å². The van der Waals surface area contributed by atoms with Crippen LogP contribution in [-0.2, 0) is 0 Å². The first kappa shape index (κ1) is 10.4. The Hall–Kier alpha value is -0.120. The Labute approximate surface area is 87.4 Å². The summed E-state index contributed by atoms with van der Waals surface area (Å²) in [5.41, 5.74) is 0. The SMILES string of the molecule is C[C@@H]1CNCC[C@@H]1N1CCN(C)CC1. The lowest BCUT2D eigenvalue weighted by Gasteiger charge is -2.42. The molecule has 0 aromatic rings. The fraction of sp³-hybridized carbons (Fsp3) is 1.00. The van der Waals surface area contributed by atoms with Crippen LogP contribution in [0.5, 0.6) is 0 Å². The van der Waals surface area contributed by atoms with Gasteiger partial charge in [0.15, 0.2) is 0 Å². The lowest BCUT2D eigenvalue weighted by molar-refractivity contribution is 0.0689. The Morgan fingerprint density at radius 2 is 1.86 bits per heavy atom. The number of rotatable bonds is 1. The molecule has 0 spiro atoms. The van der Waals surface area contributed by atoms with E-state index in [-0.39, 0.29) is 0 Å². The average molecular weight is 197 g/mol. The summed E-state index contributed by atoms with van der Waals surface area (Å²) in [6.45, 7) is 9.83. The van der Waals surface area contributed by atoms with Gasteiger partial charge in [-0.05, 0) is 32.5 Å². The van der Waals surface area contributed by atoms with Crippen molar-refractivity contribution in [1.82, 2.24) is 15.1 Å². The zero-order valence-electron chi connectivity index (χ0n) is 9.50. The van der Waals surface area contributed by atoms with Crippen LogP contribution < -0.4 is 5.32 Å². The van der Waals surface area contributed by atoms with E-state index in [9.17, 15) is 0 Å². The fourth-order valence-corrected chi connectivity index (χ4v) is 2.70. The normalized spacial score (nSPS) is 37.3. The Morgan fingerprint density at radius 1 is 1.14 bits per heavy atom. The van der Waals surface area contributed by atoms with Crippen LogP contribution >= 0.6 is 0 Å². The molecule has 3 heteroatoms. The van der Waals surface area contributed by atoms with Gasteiger partial charge in [-0.3, -0.25) is 4.90 Å². The van der Waals surface area contributed by atoms with Crippen LogP contribution in [0.25, 0.3) is 0 Å². The first-order valence-corrected chi connectivity index (χ1v) is 5.90. The molecule has 2 aliphatic heterocycles. The number of nitrogens with zero attached hydrogens (tertiary/aromatic N) is 2. The van der Waals surface area contributed by atoms with Crippen molar-refractivity contribution in [2.24, 2.45) is 5.92 Å². The maximum atomic E-state index is 3.48. The minimum Gasteiger partial charge on any atom is -0.316 e. The predicted octanol–water partition coefficient (Wildman–Crippen LogP) is 0.232. The summed E-state index contributed by atoms with van der Waals surface area (Å²) >= 11 is 0. The first-order valence-electron chi connectivity index (χ1n) is 5.90. The second-order valence-corrected chi connectivity index (χ2v) is 4.88. The van der Waals surface area contributed by atoms with Gasteiger partial charge in [0.25, 0.3) is 0 Å². The molecule has 2 heterocycles. The third kappa shape index (κ3) is 2.27. The van der Waals surface area contributed by atoms with Crippen molar-refractivity contribution in [2.45, 2.75) is 19.4 Å². The van der Waals surface area contributed by atoms with Gasteiger partial charge in [0, 0.05) is 32.2 Å². The van der Waals surface area contributed by atoms with E-state index >= 15 is 0 Å². The quantitative estimate of drug-likeness (QED) is 0.649. The molecule has 0 radical (unpaired) electrons. The molecule has 0 aromatic heterocycles. The summed E-state index contributed by atoms with van der Waals surface area (Å²) in [7, 11) is 2.23. The van der Waals surface area contributed by atoms with Crippen LogP contribution in [0.3, 0.4) is 0 Å². The summed E-state index contributed by atoms with van der Waals surface area (Å²) in [6, 6.07) is 0.838. The standard InChI is InChI=1S/C11H23N3/c1-10-9-12-4-3-11(10)14-7-5-13(2)6-8-14/h10-12H,3-9H2,1-2H3/t10-,11+/m1/s1. The van der Waals surface area contributed by atoms with Crippen LogP contribution in [0.1, 0.15) is 13.3 Å². The molecule has 3 nitrogen and oxygen atoms in total. The molecule has 2 fully saturated rings. The molecule has 2 atom stereocenters. The van der Waals surface area contributed by atoms with Crippen molar-refractivity contribution < 1.29 is 0 Å². The average Bonchev–Trinajstić information content (AvgIpc) is 2.20. The van der Waals surface area contributed by atoms with E-state index in [1.165, 1.54) is 45.7 Å². The highest BCUT2D eigenvalue weighted by Crippen LogP contribution is 2.18. The minimum absolute atomic E-state index is 0.826. The number of piperazine rings is 1. The van der Waals surface area contributed by atoms with E-state index in [0.29, 0.717) is 0 Å². The Kier molecular flexibility index (Phi) is 3.42. The summed E-state index contributed by atoms with van der Waals surface area (Å²) in [5.74, 6) is 0.826. The Bertz CT molecular complexity index is 175. The topological polar surface area (TPSA) is 18.5 Å². The van der Waals surface area contributed by atoms with Gasteiger partial charge in [0.2, 0.25) is 0 Å². The summed E-state index contributed by atoms with van der Waals surface area (Å²) < 4.78 is 0. The molecule has 2 saturated heterocycles. The molecule has 0 amide bonds. The summed E-state index contributed by atoms with van der Waals surface area (Å²) in [5, 5.41) is 3.48. The molecule has 1 N–H and O–H groups in total. The third-order valence-corrected chi connectivity index (χ3v) is 3.75. The van der Waals surface area contributed by atoms with Crippen molar-refractivity contribution in [2.75, 3.05) is 46.3 Å². The second-order valence-electron chi connectivity index (χ2n) is 4.88. The van der Waals surface area contributed by atoms with Gasteiger partial charge < -0.3 is 10.2 Å². The number of likely N-dealkylation sites (N-methyl/N-ethyl adjacent to an activating group) is 1. The Balaban J connectivity index is 1.87. The molecule has 0 unspecified atom stereocenters. The van der Waals surface area contributed by atoms with E-state index in [0.717, 1.165) is 12.0 Å². The molecular weight excluding hydrogens is 174 g/mol. The van der Waals surface area contributed by atoms with E-state index in [2.05, 4.69) is 29.1 Å². The molecule has 0 bridgehead atoms. The van der Waals surface area contributed by atoms with Gasteiger partial charge >= 0.3 is 0 Å². The number of hydrogen-bond acceptors (Lipinski definition) is 3. The van der Waals surface area contributed by atoms with Crippen LogP contribution in [0.2, 0.25) is 0 Å². The summed E-state index contributed by atoms with van der Waals surface area (Å²) in [6.07, 6.45) is 1.34. The van der Waals surface area contributed by atoms with Crippen molar-refractivity contribution in [3.63, 3.8) is 0 Å². The molecule has 0 aliphatic carbocycles. The van der Waals surface area contributed by atoms with Gasteiger partial charge in [0.05, 0.1) is 0 Å². The molecule has 2 rings (SSSR count). The van der Waals surface area contributed by atoms with Gasteiger partial charge in [-0.1, -0.05) is 6.92 Å². The van der Waals surface area contributed by atoms with Crippen molar-refractivity contribution in [3.05, 3.63) is 0 Å². The largest absolute Gasteiger partial charge is 0.316 e. The first-order chi connectivity index (χ1) is 6.77. The smallest absolute Gasteiger partial charge is 0.0146 e. The lowest BCUT2D eigenvalue weighted by atomic mass is 9.93. The highest BCUT2D eigenvalue weighted by atomic mass is 15.3. The zero-order chi connectivity index (χ0) is 9.97. The summed E-state index contributed by atoms with van der Waals surface area (Å²) in [4.78, 5) is 5.13. The van der Waals surface area contributed by atoms with E-state index < -0.39 is 0 Å². The lowest BCUT2D eigenvalue weighted by Crippen LogP contribution is -2.54. The second kappa shape index (κ2) is 4.60. The van der Waals surface area contributed by atoms with Crippen molar-refractivity contribution in [3.8, 4) is 0 Å². The fourth-order valence-electron chi connectivity index (χ4n) is 2.70. The van der Waals surface area contributed by atoms with Gasteiger partial charge in [0.1, 0.15) is 0 Å². The molecule has 0 saturated carbocycles. The van der Waals surface area contributed by atoms with E-state index in [4.69, 9.17) is 0 Å². The van der Waals surface area contributed by atoms with Crippen molar-refractivity contribution in [1.29, 1.82) is 0 Å². The highest BCUT2D eigenvalue weighted by molar-refractivity contribution is 4.85.